The van der Waals surface area contributed by atoms with Crippen LogP contribution in [0.25, 0.3) is 0 Å². The van der Waals surface area contributed by atoms with Crippen LogP contribution in [0, 0.1) is 0 Å². The molecular formula is C12H17NO3S. The highest BCUT2D eigenvalue weighted by atomic mass is 32.2. The molecule has 0 bridgehead atoms. The molecule has 0 fully saturated rings. The van der Waals surface area contributed by atoms with Crippen molar-refractivity contribution in [2.75, 3.05) is 7.11 Å². The zero-order chi connectivity index (χ0) is 12.9. The Labute approximate surface area is 102 Å². The van der Waals surface area contributed by atoms with E-state index in [0.29, 0.717) is 12.8 Å². The smallest absolute Gasteiger partial charge is 0.234 e. The highest BCUT2D eigenvalue weighted by molar-refractivity contribution is 7.93. The van der Waals surface area contributed by atoms with E-state index in [0.717, 1.165) is 11.3 Å². The topological polar surface area (TPSA) is 69.4 Å². The van der Waals surface area contributed by atoms with E-state index in [1.165, 1.54) is 0 Å². The van der Waals surface area contributed by atoms with E-state index in [1.54, 1.807) is 25.3 Å². The number of primary sulfonamides is 1. The molecule has 0 radical (unpaired) electrons. The van der Waals surface area contributed by atoms with E-state index in [9.17, 15) is 8.42 Å². The summed E-state index contributed by atoms with van der Waals surface area (Å²) in [6.45, 7) is 1.87. The fourth-order valence-corrected chi connectivity index (χ4v) is 2.23. The average molecular weight is 255 g/mol. The van der Waals surface area contributed by atoms with Crippen molar-refractivity contribution in [3.63, 3.8) is 0 Å². The molecule has 0 amide bonds. The fourth-order valence-electron chi connectivity index (χ4n) is 1.46. The number of sulfonamides is 1. The van der Waals surface area contributed by atoms with Crippen LogP contribution in [-0.2, 0) is 16.4 Å². The molecular weight excluding hydrogens is 238 g/mol. The van der Waals surface area contributed by atoms with Crippen LogP contribution in [0.1, 0.15) is 18.9 Å². The molecule has 0 aliphatic rings. The van der Waals surface area contributed by atoms with Crippen LogP contribution in [0.2, 0.25) is 0 Å². The molecule has 1 aromatic carbocycles. The molecule has 0 saturated heterocycles. The van der Waals surface area contributed by atoms with Crippen molar-refractivity contribution in [3.05, 3.63) is 40.8 Å². The molecule has 94 valence electrons. The summed E-state index contributed by atoms with van der Waals surface area (Å²) >= 11 is 0. The number of nitrogens with two attached hydrogens (primary N) is 1. The maximum atomic E-state index is 11.3. The largest absolute Gasteiger partial charge is 0.497 e. The SMILES string of the molecule is CC/C=C(/Cc1ccc(OC)cc1)S(N)(=O)=O. The molecule has 1 rings (SSSR count). The van der Waals surface area contributed by atoms with E-state index in [2.05, 4.69) is 0 Å². The molecule has 0 heterocycles. The summed E-state index contributed by atoms with van der Waals surface area (Å²) in [4.78, 5) is 0.255. The highest BCUT2D eigenvalue weighted by Crippen LogP contribution is 2.16. The fraction of sp³-hybridized carbons (Fsp3) is 0.333. The number of allylic oxidation sites excluding steroid dienone is 2. The molecule has 0 aliphatic carbocycles. The van der Waals surface area contributed by atoms with Crippen molar-refractivity contribution in [1.82, 2.24) is 0 Å². The molecule has 17 heavy (non-hydrogen) atoms. The summed E-state index contributed by atoms with van der Waals surface area (Å²) in [5.74, 6) is 0.741. The van der Waals surface area contributed by atoms with Gasteiger partial charge in [0.15, 0.2) is 0 Å². The molecule has 2 N–H and O–H groups in total. The van der Waals surface area contributed by atoms with Crippen molar-refractivity contribution >= 4 is 10.0 Å². The zero-order valence-electron chi connectivity index (χ0n) is 10.0. The Kier molecular flexibility index (Phi) is 4.72. The summed E-state index contributed by atoms with van der Waals surface area (Å²) < 4.78 is 27.7. The third-order valence-electron chi connectivity index (χ3n) is 2.33. The Morgan fingerprint density at radius 3 is 2.35 bits per heavy atom. The van der Waals surface area contributed by atoms with Crippen LogP contribution in [0.5, 0.6) is 5.75 Å². The lowest BCUT2D eigenvalue weighted by Gasteiger charge is -2.06. The van der Waals surface area contributed by atoms with Gasteiger partial charge in [-0.3, -0.25) is 0 Å². The van der Waals surface area contributed by atoms with Gasteiger partial charge < -0.3 is 4.74 Å². The standard InChI is InChI=1S/C12H17NO3S/c1-3-4-12(17(13,14)15)9-10-5-7-11(16-2)8-6-10/h4-8H,3,9H2,1-2H3,(H2,13,14,15)/b12-4-. The number of benzene rings is 1. The molecule has 0 saturated carbocycles. The van der Waals surface area contributed by atoms with Crippen molar-refractivity contribution < 1.29 is 13.2 Å². The summed E-state index contributed by atoms with van der Waals surface area (Å²) in [5.41, 5.74) is 0.888. The van der Waals surface area contributed by atoms with Crippen molar-refractivity contribution in [1.29, 1.82) is 0 Å². The minimum absolute atomic E-state index is 0.255. The van der Waals surface area contributed by atoms with Crippen LogP contribution < -0.4 is 9.88 Å². The summed E-state index contributed by atoms with van der Waals surface area (Å²) in [6, 6.07) is 7.24. The Balaban J connectivity index is 2.91. The van der Waals surface area contributed by atoms with Gasteiger partial charge in [0.25, 0.3) is 0 Å². The van der Waals surface area contributed by atoms with Crippen molar-refractivity contribution in [2.45, 2.75) is 19.8 Å². The van der Waals surface area contributed by atoms with E-state index >= 15 is 0 Å². The normalized spacial score (nSPS) is 12.5. The Bertz CT molecular complexity index is 489. The molecule has 0 spiro atoms. The van der Waals surface area contributed by atoms with Crippen LogP contribution in [0.15, 0.2) is 35.2 Å². The minimum atomic E-state index is -3.61. The maximum Gasteiger partial charge on any atom is 0.234 e. The number of hydrogen-bond acceptors (Lipinski definition) is 3. The summed E-state index contributed by atoms with van der Waals surface area (Å²) in [6.07, 6.45) is 2.60. The molecule has 0 aromatic heterocycles. The molecule has 4 nitrogen and oxygen atoms in total. The second-order valence-corrected chi connectivity index (χ2v) is 5.26. The second kappa shape index (κ2) is 5.84. The van der Waals surface area contributed by atoms with Crippen LogP contribution in [0.3, 0.4) is 0 Å². The van der Waals surface area contributed by atoms with Gasteiger partial charge in [0.05, 0.1) is 12.0 Å². The first-order valence-electron chi connectivity index (χ1n) is 5.32. The number of ether oxygens (including phenoxy) is 1. The number of methoxy groups -OCH3 is 1. The Hall–Kier alpha value is -1.33. The third kappa shape index (κ3) is 4.20. The van der Waals surface area contributed by atoms with Crippen LogP contribution >= 0.6 is 0 Å². The van der Waals surface area contributed by atoms with Gasteiger partial charge in [0.1, 0.15) is 5.75 Å². The van der Waals surface area contributed by atoms with E-state index in [-0.39, 0.29) is 4.91 Å². The first-order valence-corrected chi connectivity index (χ1v) is 6.86. The predicted molar refractivity (Wildman–Crippen MR) is 68.2 cm³/mol. The Morgan fingerprint density at radius 2 is 1.94 bits per heavy atom. The van der Waals surface area contributed by atoms with E-state index < -0.39 is 10.0 Å². The van der Waals surface area contributed by atoms with E-state index in [4.69, 9.17) is 9.88 Å². The quantitative estimate of drug-likeness (QED) is 0.872. The average Bonchev–Trinajstić information content (AvgIpc) is 2.28. The van der Waals surface area contributed by atoms with Gasteiger partial charge in [0.2, 0.25) is 10.0 Å². The molecule has 0 atom stereocenters. The Morgan fingerprint density at radius 1 is 1.35 bits per heavy atom. The lowest BCUT2D eigenvalue weighted by Crippen LogP contribution is -2.16. The van der Waals surface area contributed by atoms with Crippen molar-refractivity contribution in [2.24, 2.45) is 5.14 Å². The third-order valence-corrected chi connectivity index (χ3v) is 3.38. The van der Waals surface area contributed by atoms with Gasteiger partial charge in [0, 0.05) is 6.42 Å². The minimum Gasteiger partial charge on any atom is -0.497 e. The van der Waals surface area contributed by atoms with E-state index in [1.807, 2.05) is 19.1 Å². The van der Waals surface area contributed by atoms with Gasteiger partial charge in [-0.25, -0.2) is 13.6 Å². The lowest BCUT2D eigenvalue weighted by atomic mass is 10.1. The molecule has 0 unspecified atom stereocenters. The predicted octanol–water partition coefficient (Wildman–Crippen LogP) is 1.82. The first-order chi connectivity index (χ1) is 7.97. The molecule has 5 heteroatoms. The molecule has 1 aromatic rings. The number of rotatable bonds is 5. The van der Waals surface area contributed by atoms with Gasteiger partial charge in [-0.05, 0) is 24.1 Å². The highest BCUT2D eigenvalue weighted by Gasteiger charge is 2.11. The van der Waals surface area contributed by atoms with Crippen molar-refractivity contribution in [3.8, 4) is 5.75 Å². The number of hydrogen-bond donors (Lipinski definition) is 1. The second-order valence-electron chi connectivity index (χ2n) is 3.65. The van der Waals surface area contributed by atoms with Gasteiger partial charge in [-0.15, -0.1) is 0 Å². The summed E-state index contributed by atoms with van der Waals surface area (Å²) in [5, 5.41) is 5.15. The maximum absolute atomic E-state index is 11.3. The molecule has 0 aliphatic heterocycles. The zero-order valence-corrected chi connectivity index (χ0v) is 10.8. The van der Waals surface area contributed by atoms with Gasteiger partial charge in [-0.2, -0.15) is 0 Å². The van der Waals surface area contributed by atoms with Gasteiger partial charge in [-0.1, -0.05) is 25.1 Å². The summed E-state index contributed by atoms with van der Waals surface area (Å²) in [7, 11) is -2.03. The van der Waals surface area contributed by atoms with Crippen LogP contribution in [0.4, 0.5) is 0 Å². The van der Waals surface area contributed by atoms with Gasteiger partial charge >= 0.3 is 0 Å². The first kappa shape index (κ1) is 13.7. The monoisotopic (exact) mass is 255 g/mol. The lowest BCUT2D eigenvalue weighted by molar-refractivity contribution is 0.414. The van der Waals surface area contributed by atoms with Crippen LogP contribution in [-0.4, -0.2) is 15.5 Å².